The van der Waals surface area contributed by atoms with Crippen LogP contribution < -0.4 is 10.9 Å². The Morgan fingerprint density at radius 3 is 2.20 bits per heavy atom. The van der Waals surface area contributed by atoms with E-state index in [-0.39, 0.29) is 0 Å². The number of hydrogen-bond donors (Lipinski definition) is 2. The van der Waals surface area contributed by atoms with E-state index in [9.17, 15) is 5.26 Å². The van der Waals surface area contributed by atoms with Gasteiger partial charge in [-0.1, -0.05) is 41.7 Å². The second kappa shape index (κ2) is 12.1. The Balaban J connectivity index is 1.23. The van der Waals surface area contributed by atoms with Gasteiger partial charge in [-0.3, -0.25) is 10.9 Å². The van der Waals surface area contributed by atoms with E-state index in [0.29, 0.717) is 16.3 Å². The molecule has 41 heavy (non-hydrogen) atoms. The molecule has 6 rings (SSSR count). The van der Waals surface area contributed by atoms with Crippen molar-refractivity contribution in [2.24, 2.45) is 10.2 Å². The lowest BCUT2D eigenvalue weighted by atomic mass is 10.1. The molecule has 0 bridgehead atoms. The maximum Gasteiger partial charge on any atom is 0.204 e. The highest BCUT2D eigenvalue weighted by Crippen LogP contribution is 2.40. The monoisotopic (exact) mass is 572 g/mol. The zero-order chi connectivity index (χ0) is 28.0. The molecule has 0 atom stereocenters. The Labute approximate surface area is 245 Å². The van der Waals surface area contributed by atoms with Crippen molar-refractivity contribution in [1.82, 2.24) is 9.97 Å². The lowest BCUT2D eigenvalue weighted by Crippen LogP contribution is -2.02. The molecule has 0 radical (unpaired) electrons. The molecular weight excluding hydrogens is 549 g/mol. The molecular formula is C31H24N8S2. The van der Waals surface area contributed by atoms with Crippen LogP contribution in [-0.2, 0) is 0 Å². The third kappa shape index (κ3) is 6.15. The maximum absolute atomic E-state index is 9.23. The van der Waals surface area contributed by atoms with E-state index in [0.717, 1.165) is 81.6 Å². The fourth-order valence-corrected chi connectivity index (χ4v) is 6.20. The van der Waals surface area contributed by atoms with Gasteiger partial charge in [0.25, 0.3) is 0 Å². The number of nitrogens with one attached hydrogen (secondary N) is 2. The fourth-order valence-electron chi connectivity index (χ4n) is 4.57. The Morgan fingerprint density at radius 1 is 0.780 bits per heavy atom. The number of nitriles is 2. The predicted octanol–water partition coefficient (Wildman–Crippen LogP) is 7.83. The minimum atomic E-state index is 0.615. The molecule has 200 valence electrons. The number of anilines is 2. The summed E-state index contributed by atoms with van der Waals surface area (Å²) in [5.74, 6) is 0. The standard InChI is InChI=1S/C31H24N8S2/c32-17-20-6-10-22(11-7-20)27-19-40-30(34-27)38-37-26-15-14-24(16-26)29-28(23-12-8-21(18-33)9-13-23)35-31(41-29)39-36-25-4-2-1-3-5-25/h2,4,6-13,16,19H,1,3,5,14-15H2,(H,34,38)(H,35,39)/b36-25-,37-26+. The Kier molecular flexibility index (Phi) is 7.76. The Hall–Kier alpha value is -4.90. The second-order valence-corrected chi connectivity index (χ2v) is 11.4. The van der Waals surface area contributed by atoms with E-state index in [2.05, 4.69) is 56.4 Å². The highest BCUT2D eigenvalue weighted by Gasteiger charge is 2.21. The van der Waals surface area contributed by atoms with Gasteiger partial charge < -0.3 is 0 Å². The zero-order valence-electron chi connectivity index (χ0n) is 22.0. The van der Waals surface area contributed by atoms with Gasteiger partial charge >= 0.3 is 0 Å². The first-order valence-electron chi connectivity index (χ1n) is 13.2. The van der Waals surface area contributed by atoms with Crippen LogP contribution in [0.5, 0.6) is 0 Å². The molecule has 8 nitrogen and oxygen atoms in total. The van der Waals surface area contributed by atoms with Crippen LogP contribution in [-0.4, -0.2) is 21.4 Å². The van der Waals surface area contributed by atoms with Gasteiger partial charge in [-0.25, -0.2) is 9.97 Å². The van der Waals surface area contributed by atoms with Gasteiger partial charge in [0.15, 0.2) is 0 Å². The van der Waals surface area contributed by atoms with Gasteiger partial charge in [0.2, 0.25) is 10.3 Å². The van der Waals surface area contributed by atoms with Gasteiger partial charge in [-0.15, -0.1) is 11.3 Å². The fraction of sp³-hybridized carbons (Fsp3) is 0.161. The van der Waals surface area contributed by atoms with Crippen molar-refractivity contribution in [3.8, 4) is 34.7 Å². The van der Waals surface area contributed by atoms with Crippen molar-refractivity contribution in [3.05, 3.63) is 88.1 Å². The Morgan fingerprint density at radius 2 is 1.49 bits per heavy atom. The van der Waals surface area contributed by atoms with Gasteiger partial charge in [-0.05, 0) is 74.1 Å². The zero-order valence-corrected chi connectivity index (χ0v) is 23.6. The molecule has 0 amide bonds. The van der Waals surface area contributed by atoms with E-state index in [1.54, 1.807) is 23.5 Å². The first-order chi connectivity index (χ1) is 20.2. The van der Waals surface area contributed by atoms with Crippen molar-refractivity contribution in [3.63, 3.8) is 0 Å². The summed E-state index contributed by atoms with van der Waals surface area (Å²) in [5, 5.41) is 30.9. The van der Waals surface area contributed by atoms with E-state index in [4.69, 9.17) is 10.2 Å². The van der Waals surface area contributed by atoms with Crippen molar-refractivity contribution in [2.45, 2.75) is 32.1 Å². The minimum Gasteiger partial charge on any atom is -0.252 e. The summed E-state index contributed by atoms with van der Waals surface area (Å²) in [7, 11) is 0. The third-order valence-corrected chi connectivity index (χ3v) is 8.50. The number of hydrazone groups is 2. The van der Waals surface area contributed by atoms with Crippen LogP contribution in [0, 0.1) is 22.7 Å². The smallest absolute Gasteiger partial charge is 0.204 e. The summed E-state index contributed by atoms with van der Waals surface area (Å²) in [5.41, 5.74) is 14.3. The molecule has 0 spiro atoms. The summed E-state index contributed by atoms with van der Waals surface area (Å²) in [6.07, 6.45) is 11.1. The minimum absolute atomic E-state index is 0.615. The quantitative estimate of drug-likeness (QED) is 0.218. The van der Waals surface area contributed by atoms with E-state index >= 15 is 0 Å². The van der Waals surface area contributed by atoms with Gasteiger partial charge in [-0.2, -0.15) is 20.7 Å². The average molecular weight is 573 g/mol. The van der Waals surface area contributed by atoms with Crippen molar-refractivity contribution < 1.29 is 0 Å². The van der Waals surface area contributed by atoms with Crippen molar-refractivity contribution >= 4 is 49.9 Å². The third-order valence-electron chi connectivity index (χ3n) is 6.72. The summed E-state index contributed by atoms with van der Waals surface area (Å²) in [6, 6.07) is 19.2. The van der Waals surface area contributed by atoms with Gasteiger partial charge in [0, 0.05) is 16.5 Å². The first kappa shape index (κ1) is 26.3. The molecule has 0 saturated carbocycles. The lowest BCUT2D eigenvalue weighted by Gasteiger charge is -2.05. The van der Waals surface area contributed by atoms with Gasteiger partial charge in [0.1, 0.15) is 0 Å². The number of aromatic nitrogens is 2. The van der Waals surface area contributed by atoms with Crippen LogP contribution >= 0.6 is 22.7 Å². The van der Waals surface area contributed by atoms with Crippen LogP contribution in [0.15, 0.2) is 82.3 Å². The molecule has 2 N–H and O–H groups in total. The summed E-state index contributed by atoms with van der Waals surface area (Å²) in [6.45, 7) is 0. The van der Waals surface area contributed by atoms with E-state index in [1.807, 2.05) is 41.8 Å². The first-order valence-corrected chi connectivity index (χ1v) is 14.9. The van der Waals surface area contributed by atoms with E-state index in [1.165, 1.54) is 11.3 Å². The number of nitrogens with zero attached hydrogens (tertiary/aromatic N) is 6. The number of benzene rings is 2. The van der Waals surface area contributed by atoms with Crippen molar-refractivity contribution in [2.75, 3.05) is 10.9 Å². The van der Waals surface area contributed by atoms with E-state index < -0.39 is 0 Å². The molecule has 2 aromatic heterocycles. The molecule has 2 aliphatic carbocycles. The highest BCUT2D eigenvalue weighted by atomic mass is 32.1. The molecule has 0 aliphatic heterocycles. The molecule has 2 aliphatic rings. The number of rotatable bonds is 7. The van der Waals surface area contributed by atoms with Gasteiger partial charge in [0.05, 0.1) is 51.0 Å². The van der Waals surface area contributed by atoms with Crippen LogP contribution in [0.3, 0.4) is 0 Å². The number of thiazole rings is 2. The number of hydrogen-bond acceptors (Lipinski definition) is 10. The summed E-state index contributed by atoms with van der Waals surface area (Å²) in [4.78, 5) is 10.6. The van der Waals surface area contributed by atoms with Crippen molar-refractivity contribution in [1.29, 1.82) is 10.5 Å². The average Bonchev–Trinajstić information content (AvgIpc) is 3.80. The van der Waals surface area contributed by atoms with Crippen LogP contribution in [0.1, 0.15) is 48.1 Å². The molecule has 0 unspecified atom stereocenters. The molecule has 4 aromatic rings. The maximum atomic E-state index is 9.23. The van der Waals surface area contributed by atoms with Crippen LogP contribution in [0.4, 0.5) is 10.3 Å². The second-order valence-electron chi connectivity index (χ2n) is 9.51. The lowest BCUT2D eigenvalue weighted by molar-refractivity contribution is 0.877. The number of allylic oxidation sites excluding steroid dienone is 4. The molecule has 0 saturated heterocycles. The molecule has 2 heterocycles. The Bertz CT molecular complexity index is 1770. The predicted molar refractivity (Wildman–Crippen MR) is 167 cm³/mol. The molecule has 0 fully saturated rings. The SMILES string of the molecule is N#Cc1ccc(-c2csc(N/N=C3/C=C(c4sc(N/N=C5/C=CCCC5)nc4-c4ccc(C#N)cc4)CC3)n2)cc1. The molecule has 10 heteroatoms. The summed E-state index contributed by atoms with van der Waals surface area (Å²) < 4.78 is 0. The topological polar surface area (TPSA) is 122 Å². The largest absolute Gasteiger partial charge is 0.252 e. The summed E-state index contributed by atoms with van der Waals surface area (Å²) >= 11 is 3.06. The van der Waals surface area contributed by atoms with Crippen LogP contribution in [0.2, 0.25) is 0 Å². The molecule has 2 aromatic carbocycles. The normalized spacial score (nSPS) is 16.4. The highest BCUT2D eigenvalue weighted by molar-refractivity contribution is 7.17. The van der Waals surface area contributed by atoms with Crippen LogP contribution in [0.25, 0.3) is 28.1 Å².